The van der Waals surface area contributed by atoms with E-state index in [-0.39, 0.29) is 157 Å². The molecule has 3 rings (SSSR count). The normalized spacial score (nSPS) is 19.6. The number of β-amino-alcohol motifs (C(OH)–C–C–N with tert-alkyl or cyclic N) is 1. The van der Waals surface area contributed by atoms with Crippen LogP contribution in [0.15, 0.2) is 34.3 Å². The van der Waals surface area contributed by atoms with Crippen molar-refractivity contribution in [1.82, 2.24) is 79.3 Å². The molecule has 2 heterocycles. The Morgan fingerprint density at radius 1 is 0.551 bits per heavy atom. The molecule has 0 bridgehead atoms. The van der Waals surface area contributed by atoms with Crippen molar-refractivity contribution in [3.8, 4) is 5.75 Å². The number of hydrogen-bond donors (Lipinski definition) is 23. The Bertz CT molecular complexity index is 3940. The molecule has 0 aliphatic carbocycles. The maximum absolute atomic E-state index is 14.9. The van der Waals surface area contributed by atoms with Gasteiger partial charge in [-0.05, 0) is 130 Å². The minimum absolute atomic E-state index is 0.0119. The maximum atomic E-state index is 14.9. The first-order valence-electron chi connectivity index (χ1n) is 43.8. The van der Waals surface area contributed by atoms with Gasteiger partial charge in [0.25, 0.3) is 0 Å². The van der Waals surface area contributed by atoms with Crippen LogP contribution in [0.5, 0.6) is 5.75 Å². The molecule has 43 nitrogen and oxygen atoms in total. The Balaban J connectivity index is 1.84. The van der Waals surface area contributed by atoms with Gasteiger partial charge >= 0.3 is 0 Å². The lowest BCUT2D eigenvalue weighted by atomic mass is 9.87. The zero-order chi connectivity index (χ0) is 95.9. The summed E-state index contributed by atoms with van der Waals surface area (Å²) in [5.74, 6) is -16.1. The molecule has 2 fully saturated rings. The van der Waals surface area contributed by atoms with Crippen molar-refractivity contribution in [1.29, 1.82) is 0 Å². The van der Waals surface area contributed by atoms with E-state index in [9.17, 15) is 91.7 Å². The molecule has 30 N–H and O–H groups in total. The lowest BCUT2D eigenvalue weighted by molar-refractivity contribution is -0.142. The zero-order valence-electron chi connectivity index (χ0n) is 76.0. The number of aliphatic hydroxyl groups excluding tert-OH is 1. The van der Waals surface area contributed by atoms with Gasteiger partial charge in [0.1, 0.15) is 78.3 Å². The first kappa shape index (κ1) is 110. The van der Waals surface area contributed by atoms with Crippen LogP contribution in [0.1, 0.15) is 218 Å². The fourth-order valence-corrected chi connectivity index (χ4v) is 14.3. The number of carbonyl (C=O) groups excluding carboxylic acids is 17. The van der Waals surface area contributed by atoms with Crippen molar-refractivity contribution in [2.24, 2.45) is 85.1 Å². The number of guanidine groups is 2. The molecule has 43 heteroatoms. The average Bonchev–Trinajstić information content (AvgIpc) is 1.77. The van der Waals surface area contributed by atoms with Gasteiger partial charge in [0, 0.05) is 58.4 Å². The molecule has 0 radical (unpaired) electrons. The van der Waals surface area contributed by atoms with Crippen molar-refractivity contribution >= 4 is 112 Å². The molecule has 17 amide bonds. The first-order valence-corrected chi connectivity index (χ1v) is 43.8. The van der Waals surface area contributed by atoms with Gasteiger partial charge in [0.15, 0.2) is 11.9 Å². The molecule has 2 aliphatic heterocycles. The van der Waals surface area contributed by atoms with Gasteiger partial charge in [-0.15, -0.1) is 0 Å². The maximum Gasteiger partial charge on any atom is 0.245 e. The zero-order valence-corrected chi connectivity index (χ0v) is 76.0. The van der Waals surface area contributed by atoms with E-state index in [1.807, 2.05) is 13.8 Å². The number of phenolic OH excluding ortho intramolecular Hbond substituents is 1. The summed E-state index contributed by atoms with van der Waals surface area (Å²) in [4.78, 5) is 247. The SMILES string of the molecule is CC[C@H](C)[C@H](NC(=O)[C@H](Cc1ccc(O)cc1)NC(=O)[C@@H]1C[C@@H](O)CN1C(=O)[C@H](C)NC(=O)[C@H](CC(C)C)NC(=O)CCCCCNC(=O)[C@H](CCC(N)=O)NC(=O)C(CC(C)(C)C)NC(=O)[C@H](CC(C)C)NC(=O)[C@H](CCCN=C(N)N)NC(=O)[C@@H]1CNC(=O)C(N[C@@H](CCCN=C(N)N)C(N)=O)CC(=O)N[C@@H]([C@@H](C)CC)C(=O)N[C@@H](CC(C)C)C(=O)N1)C(N)=O. The number of nitrogens with zero attached hydrogens (tertiary/aromatic N) is 3. The Kier molecular flexibility index (Phi) is 47.0. The standard InChI is InChI=1S/C84H144N24O19/c1-15-46(9)66(69(87)115)107-76(122)58(37-49-25-27-50(109)28-26-49)102-79(125)62-38-51(110)42-108(62)81(127)48(11)96-73(119)55(34-43(3)4)98-64(112)24-18-17-19-31-92-70(116)54(29-30-63(85)111)100-77(123)60(40-84(12,13)14)104-74(120)56(35-44(5)6)101-72(118)53(23-21-33-94-83(90)91)99-78(124)61-41-95-71(117)59(97-52(68(86)114)22-20-32-93-82(88)89)39-65(113)106-67(47(10)16-2)80(126)103-57(36-45(7)8)75(121)105-61/h25-28,43-48,51-62,66-67,97,109-110H,15-24,29-42H2,1-14H3,(H2,85,111)(H2,86,114)(H2,87,115)(H,92,116)(H,95,117)(H,96,119)(H,98,112)(H,99,124)(H,100,123)(H,101,118)(H,102,125)(H,103,126)(H,104,120)(H,105,121)(H,106,113)(H,107,122)(H4,88,89,93)(H4,90,91,94)/t46-,47-,48-,51+,52-,53-,54-,55-,56-,57-,58-,59?,60?,61-,62-,66-,67-/m0/s1. The number of aliphatic hydroxyl groups is 1. The second-order valence-electron chi connectivity index (χ2n) is 35.5. The smallest absolute Gasteiger partial charge is 0.245 e. The molecule has 714 valence electrons. The van der Waals surface area contributed by atoms with Crippen LogP contribution in [0, 0.1) is 35.0 Å². The topological polar surface area (TPSA) is 709 Å². The average molecular weight is 1790 g/mol. The second kappa shape index (κ2) is 54.5. The third kappa shape index (κ3) is 40.8. The summed E-state index contributed by atoms with van der Waals surface area (Å²) in [6.07, 6.45) is -1.12. The third-order valence-corrected chi connectivity index (χ3v) is 21.5. The van der Waals surface area contributed by atoms with Crippen molar-refractivity contribution < 1.29 is 91.7 Å². The highest BCUT2D eigenvalue weighted by Crippen LogP contribution is 2.25. The molecule has 127 heavy (non-hydrogen) atoms. The highest BCUT2D eigenvalue weighted by Gasteiger charge is 2.44. The molecule has 17 atom stereocenters. The summed E-state index contributed by atoms with van der Waals surface area (Å²) in [6.45, 7) is 23.4. The Labute approximate surface area is 743 Å². The molecule has 2 saturated heterocycles. The highest BCUT2D eigenvalue weighted by molar-refractivity contribution is 6.01. The van der Waals surface area contributed by atoms with E-state index in [1.165, 1.54) is 31.2 Å². The molecule has 0 aromatic heterocycles. The van der Waals surface area contributed by atoms with Crippen LogP contribution in [0.4, 0.5) is 0 Å². The van der Waals surface area contributed by atoms with Crippen LogP contribution in [0.25, 0.3) is 0 Å². The molecule has 1 aromatic rings. The number of nitrogens with one attached hydrogen (secondary N) is 14. The van der Waals surface area contributed by atoms with Crippen LogP contribution < -0.4 is 115 Å². The summed E-state index contributed by atoms with van der Waals surface area (Å²) in [6, 6.07) is -13.2. The van der Waals surface area contributed by atoms with Gasteiger partial charge in [-0.2, -0.15) is 0 Å². The quantitative estimate of drug-likeness (QED) is 0.0167. The summed E-state index contributed by atoms with van der Waals surface area (Å²) < 4.78 is 0. The van der Waals surface area contributed by atoms with Gasteiger partial charge in [-0.3, -0.25) is 96.8 Å². The molecular weight excluding hydrogens is 1650 g/mol. The summed E-state index contributed by atoms with van der Waals surface area (Å²) in [7, 11) is 0. The third-order valence-electron chi connectivity index (χ3n) is 21.5. The number of primary amides is 3. The number of amides is 17. The number of nitrogens with two attached hydrogens (primary N) is 7. The van der Waals surface area contributed by atoms with Crippen molar-refractivity contribution in [2.45, 2.75) is 310 Å². The summed E-state index contributed by atoms with van der Waals surface area (Å²) >= 11 is 0. The predicted octanol–water partition coefficient (Wildman–Crippen LogP) is -4.22. The number of aliphatic imine (C=N–C) groups is 2. The van der Waals surface area contributed by atoms with E-state index in [0.717, 1.165) is 4.90 Å². The van der Waals surface area contributed by atoms with Gasteiger partial charge in [-0.25, -0.2) is 0 Å². The predicted molar refractivity (Wildman–Crippen MR) is 473 cm³/mol. The fraction of sp³-hybridized carbons (Fsp3) is 0.702. The van der Waals surface area contributed by atoms with E-state index >= 15 is 0 Å². The Morgan fingerprint density at radius 2 is 1.09 bits per heavy atom. The van der Waals surface area contributed by atoms with Gasteiger partial charge in [-0.1, -0.05) is 121 Å². The first-order chi connectivity index (χ1) is 59.4. The van der Waals surface area contributed by atoms with Crippen molar-refractivity contribution in [2.75, 3.05) is 32.7 Å². The molecular formula is C84H144N24O19. The fourth-order valence-electron chi connectivity index (χ4n) is 14.3. The molecule has 0 saturated carbocycles. The molecule has 0 spiro atoms. The van der Waals surface area contributed by atoms with Crippen molar-refractivity contribution in [3.63, 3.8) is 0 Å². The number of carbonyl (C=O) groups is 17. The van der Waals surface area contributed by atoms with E-state index in [4.69, 9.17) is 40.1 Å². The van der Waals surface area contributed by atoms with Crippen LogP contribution in [-0.4, -0.2) is 251 Å². The number of hydrogen-bond acceptors (Lipinski definition) is 22. The van der Waals surface area contributed by atoms with Gasteiger partial charge in [0.05, 0.1) is 24.6 Å². The minimum Gasteiger partial charge on any atom is -0.508 e. The largest absolute Gasteiger partial charge is 0.508 e. The number of likely N-dealkylation sites (tertiary alicyclic amines) is 1. The molecule has 2 unspecified atom stereocenters. The minimum atomic E-state index is -1.75. The van der Waals surface area contributed by atoms with Crippen LogP contribution in [0.2, 0.25) is 0 Å². The van der Waals surface area contributed by atoms with Crippen molar-refractivity contribution in [3.05, 3.63) is 29.8 Å². The number of aromatic hydroxyl groups is 1. The Hall–Kier alpha value is -11.5. The Morgan fingerprint density at radius 3 is 1.65 bits per heavy atom. The van der Waals surface area contributed by atoms with E-state index in [2.05, 4.69) is 84.4 Å². The number of unbranched alkanes of at least 4 members (excludes halogenated alkanes) is 2. The summed E-state index contributed by atoms with van der Waals surface area (Å²) in [5, 5.41) is 58.4. The molecule has 2 aliphatic rings. The van der Waals surface area contributed by atoms with Gasteiger partial charge in [0.2, 0.25) is 100 Å². The number of phenols is 1. The second-order valence-corrected chi connectivity index (χ2v) is 35.5. The van der Waals surface area contributed by atoms with Crippen LogP contribution in [-0.2, 0) is 87.9 Å². The highest BCUT2D eigenvalue weighted by atomic mass is 16.3. The monoisotopic (exact) mass is 1790 g/mol. The van der Waals surface area contributed by atoms with Crippen LogP contribution in [0.3, 0.4) is 0 Å². The van der Waals surface area contributed by atoms with E-state index in [1.54, 1.807) is 76.2 Å². The lowest BCUT2D eigenvalue weighted by Crippen LogP contribution is -2.63. The lowest BCUT2D eigenvalue weighted by Gasteiger charge is -2.31. The van der Waals surface area contributed by atoms with E-state index in [0.29, 0.717) is 31.2 Å². The van der Waals surface area contributed by atoms with Crippen LogP contribution >= 0.6 is 0 Å². The molecule has 1 aromatic carbocycles. The van der Waals surface area contributed by atoms with E-state index < -0.39 is 215 Å². The summed E-state index contributed by atoms with van der Waals surface area (Å²) in [5.41, 5.74) is 39.0. The van der Waals surface area contributed by atoms with Gasteiger partial charge < -0.3 is 124 Å². The number of rotatable bonds is 51. The number of benzene rings is 1.